The first kappa shape index (κ1) is 5.87. The summed E-state index contributed by atoms with van der Waals surface area (Å²) >= 11 is 1.45. The summed E-state index contributed by atoms with van der Waals surface area (Å²) in [5.74, 6) is 0. The maximum atomic E-state index is 2.23. The van der Waals surface area contributed by atoms with E-state index in [9.17, 15) is 0 Å². The minimum Gasteiger partial charge on any atom is -1.00 e. The molecule has 0 spiro atoms. The molecule has 0 nitrogen and oxygen atoms in total. The van der Waals surface area contributed by atoms with E-state index in [2.05, 4.69) is 6.92 Å². The molecule has 0 saturated heterocycles. The summed E-state index contributed by atoms with van der Waals surface area (Å²) in [5, 5.41) is 0. The average Bonchev–Trinajstić information content (AvgIpc) is 1.41. The minimum absolute atomic E-state index is 0. The van der Waals surface area contributed by atoms with Gasteiger partial charge in [-0.25, -0.2) is 0 Å². The van der Waals surface area contributed by atoms with Crippen LogP contribution in [0.25, 0.3) is 0 Å². The van der Waals surface area contributed by atoms with E-state index in [-0.39, 0.29) is 2.85 Å². The van der Waals surface area contributed by atoms with Gasteiger partial charge in [0.2, 0.25) is 0 Å². The molecule has 0 saturated carbocycles. The van der Waals surface area contributed by atoms with Crippen molar-refractivity contribution in [3.8, 4) is 0 Å². The molecule has 0 heterocycles. The second kappa shape index (κ2) is 4.87. The van der Waals surface area contributed by atoms with Crippen LogP contribution >= 0.6 is 0 Å². The van der Waals surface area contributed by atoms with Crippen LogP contribution in [-0.2, 0) is 0 Å². The predicted octanol–water partition coefficient (Wildman–Crippen LogP) is 1.60. The molecule has 0 N–H and O–H groups in total. The molecule has 0 aliphatic heterocycles. The van der Waals surface area contributed by atoms with Gasteiger partial charge in [-0.3, -0.25) is 0 Å². The summed E-state index contributed by atoms with van der Waals surface area (Å²) in [5.41, 5.74) is 0. The number of unbranched alkanes of at least 4 members (excludes halogenated alkanes) is 1. The minimum atomic E-state index is 0. The Labute approximate surface area is 51.5 Å². The molecule has 0 aliphatic carbocycles. The summed E-state index contributed by atoms with van der Waals surface area (Å²) in [4.78, 5) is 0. The molecule has 0 bridgehead atoms. The Morgan fingerprint density at radius 3 is 2.40 bits per heavy atom. The molecule has 1 heteroatoms. The Morgan fingerprint density at radius 2 is 2.40 bits per heavy atom. The molecule has 0 fully saturated rings. The van der Waals surface area contributed by atoms with Crippen molar-refractivity contribution in [1.29, 1.82) is 0 Å². The fraction of sp³-hybridized carbons (Fsp3) is 1.00. The summed E-state index contributed by atoms with van der Waals surface area (Å²) in [6, 6.07) is 0. The number of rotatable bonds is 2. The molecule has 0 aliphatic rings. The van der Waals surface area contributed by atoms with E-state index < -0.39 is 0 Å². The molecule has 0 aromatic carbocycles. The van der Waals surface area contributed by atoms with Crippen molar-refractivity contribution in [2.45, 2.75) is 23.9 Å². The van der Waals surface area contributed by atoms with E-state index in [1.165, 1.54) is 41.4 Å². The first-order valence-electron chi connectivity index (χ1n) is 2.12. The van der Waals surface area contributed by atoms with Crippen molar-refractivity contribution in [1.82, 2.24) is 0 Å². The molecule has 0 amide bonds. The molecule has 0 aromatic rings. The van der Waals surface area contributed by atoms with E-state index in [4.69, 9.17) is 0 Å². The average molecular weight is 174 g/mol. The van der Waals surface area contributed by atoms with Crippen LogP contribution in [0.4, 0.5) is 0 Å². The largest absolute Gasteiger partial charge is 1.00 e. The molecule has 0 aromatic heterocycles. The second-order valence-electron chi connectivity index (χ2n) is 1.14. The third-order valence-corrected chi connectivity index (χ3v) is 1.72. The van der Waals surface area contributed by atoms with Gasteiger partial charge in [-0.1, -0.05) is 0 Å². The second-order valence-corrected chi connectivity index (χ2v) is 2.79. The molecule has 0 rings (SSSR count). The van der Waals surface area contributed by atoms with Crippen molar-refractivity contribution in [2.24, 2.45) is 0 Å². The quantitative estimate of drug-likeness (QED) is 0.596. The van der Waals surface area contributed by atoms with E-state index in [0.29, 0.717) is 0 Å². The van der Waals surface area contributed by atoms with Crippen LogP contribution in [0.15, 0.2) is 0 Å². The van der Waals surface area contributed by atoms with Crippen LogP contribution in [0.1, 0.15) is 22.6 Å². The van der Waals surface area contributed by atoms with Gasteiger partial charge >= 0.3 is 48.3 Å². The zero-order valence-electron chi connectivity index (χ0n) is 5.70. The van der Waals surface area contributed by atoms with Crippen molar-refractivity contribution in [2.75, 3.05) is 0 Å². The first-order valence-corrected chi connectivity index (χ1v) is 4.45. The van der Waals surface area contributed by atoms with Crippen LogP contribution in [0.5, 0.6) is 0 Å². The van der Waals surface area contributed by atoms with Crippen LogP contribution in [-0.4, -0.2) is 24.4 Å². The van der Waals surface area contributed by atoms with Gasteiger partial charge in [-0.15, -0.1) is 0 Å². The molecular weight excluding hydrogens is 163 g/mol. The zero-order valence-corrected chi connectivity index (χ0v) is 6.99. The fourth-order valence-electron chi connectivity index (χ4n) is 0.204. The van der Waals surface area contributed by atoms with Gasteiger partial charge in [-0.2, -0.15) is 0 Å². The topological polar surface area (TPSA) is 0 Å². The Hall–Kier alpha value is 0.870. The smallest absolute Gasteiger partial charge is 1.00 e. The molecular formula is C4H11In. The van der Waals surface area contributed by atoms with Crippen molar-refractivity contribution in [3.05, 3.63) is 0 Å². The van der Waals surface area contributed by atoms with Crippen LogP contribution in [0.2, 0.25) is 4.18 Å². The molecule has 0 radical (unpaired) electrons. The van der Waals surface area contributed by atoms with Gasteiger partial charge in [0.25, 0.3) is 0 Å². The molecule has 5 heavy (non-hydrogen) atoms. The summed E-state index contributed by atoms with van der Waals surface area (Å²) in [6.45, 7) is 2.23. The van der Waals surface area contributed by atoms with Gasteiger partial charge in [-0.05, 0) is 0 Å². The van der Waals surface area contributed by atoms with E-state index in [1.807, 2.05) is 0 Å². The maximum Gasteiger partial charge on any atom is -1.00 e. The Kier molecular flexibility index (Phi) is 5.72. The monoisotopic (exact) mass is 174 g/mol. The third-order valence-electron chi connectivity index (χ3n) is 0.558. The molecule has 0 unspecified atom stereocenters. The maximum absolute atomic E-state index is 2.23. The fourth-order valence-corrected chi connectivity index (χ4v) is 1.37. The van der Waals surface area contributed by atoms with E-state index >= 15 is 0 Å². The number of hydrogen-bond donors (Lipinski definition) is 0. The molecule has 30 valence electrons. The van der Waals surface area contributed by atoms with Crippen molar-refractivity contribution in [3.63, 3.8) is 0 Å². The first-order chi connectivity index (χ1) is 2.41. The van der Waals surface area contributed by atoms with Crippen LogP contribution in [0.3, 0.4) is 0 Å². The van der Waals surface area contributed by atoms with E-state index in [1.54, 1.807) is 0 Å². The Balaban J connectivity index is -0.0000000800. The van der Waals surface area contributed by atoms with Gasteiger partial charge in [0, 0.05) is 0 Å². The van der Waals surface area contributed by atoms with Gasteiger partial charge in [0.1, 0.15) is 0 Å². The van der Waals surface area contributed by atoms with Crippen molar-refractivity contribution < 1.29 is 2.85 Å². The van der Waals surface area contributed by atoms with Gasteiger partial charge in [0.15, 0.2) is 0 Å². The predicted molar refractivity (Wildman–Crippen MR) is 27.7 cm³/mol. The van der Waals surface area contributed by atoms with Gasteiger partial charge < -0.3 is 2.85 Å². The van der Waals surface area contributed by atoms with Crippen molar-refractivity contribution >= 4 is 24.4 Å². The zero-order chi connectivity index (χ0) is 4.12. The van der Waals surface area contributed by atoms with Crippen LogP contribution in [0, 0.1) is 0 Å². The van der Waals surface area contributed by atoms with Gasteiger partial charge in [0.05, 0.1) is 0 Å². The number of hydrogen-bond acceptors (Lipinski definition) is 0. The summed E-state index contributed by atoms with van der Waals surface area (Å²) in [7, 11) is 0. The third kappa shape index (κ3) is 4.87. The Bertz CT molecular complexity index is 17.2. The SMILES string of the molecule is CCC[CH2][In+2].[H-].[H-]. The van der Waals surface area contributed by atoms with Crippen LogP contribution < -0.4 is 0 Å². The summed E-state index contributed by atoms with van der Waals surface area (Å²) < 4.78 is 1.47. The van der Waals surface area contributed by atoms with E-state index in [0.717, 1.165) is 0 Å². The normalized spacial score (nSPS) is 8.60. The summed E-state index contributed by atoms with van der Waals surface area (Å²) in [6.07, 6.45) is 2.82. The molecule has 0 atom stereocenters. The Morgan fingerprint density at radius 1 is 1.80 bits per heavy atom. The standard InChI is InChI=1S/C4H9.In.2H/c1-3-4-2;;;/h1,3-4H2,2H3;;;/q;+2;2*-1.